The number of ether oxygens (including phenoxy) is 2. The minimum absolute atomic E-state index is 0.130. The van der Waals surface area contributed by atoms with E-state index in [9.17, 15) is 34.8 Å². The Bertz CT molecular complexity index is 1730. The van der Waals surface area contributed by atoms with Crippen LogP contribution < -0.4 is 20.9 Å². The lowest BCUT2D eigenvalue weighted by atomic mass is 9.96. The molecular formula is C36H38F6N2O4S. The molecule has 4 aromatic carbocycles. The van der Waals surface area contributed by atoms with Gasteiger partial charge in [0.15, 0.2) is 9.84 Å². The van der Waals surface area contributed by atoms with Crippen LogP contribution in [0.25, 0.3) is 0 Å². The average Bonchev–Trinajstić information content (AvgIpc) is 2.94. The molecule has 0 spiro atoms. The number of hydrogen-bond acceptors (Lipinski definition) is 6. The van der Waals surface area contributed by atoms with Crippen LogP contribution in [0.3, 0.4) is 0 Å². The van der Waals surface area contributed by atoms with E-state index >= 15 is 0 Å². The Morgan fingerprint density at radius 2 is 0.837 bits per heavy atom. The van der Waals surface area contributed by atoms with Crippen molar-refractivity contribution in [2.24, 2.45) is 11.5 Å². The van der Waals surface area contributed by atoms with E-state index in [2.05, 4.69) is 0 Å². The fourth-order valence-corrected chi connectivity index (χ4v) is 6.65. The van der Waals surface area contributed by atoms with Gasteiger partial charge in [0.25, 0.3) is 0 Å². The molecule has 49 heavy (non-hydrogen) atoms. The summed E-state index contributed by atoms with van der Waals surface area (Å²) in [6.45, 7) is 7.36. The highest BCUT2D eigenvalue weighted by Crippen LogP contribution is 2.41. The summed E-state index contributed by atoms with van der Waals surface area (Å²) in [5.74, 6) is -2.53. The predicted molar refractivity (Wildman–Crippen MR) is 176 cm³/mol. The topological polar surface area (TPSA) is 105 Å². The molecule has 0 fully saturated rings. The Morgan fingerprint density at radius 3 is 1.12 bits per heavy atom. The second kappa shape index (κ2) is 14.0. The van der Waals surface area contributed by atoms with Gasteiger partial charge in [-0.1, -0.05) is 36.4 Å². The Morgan fingerprint density at radius 1 is 0.531 bits per heavy atom. The van der Waals surface area contributed by atoms with E-state index in [0.29, 0.717) is 25.0 Å². The molecule has 0 aliphatic carbocycles. The average molecular weight is 709 g/mol. The first kappa shape index (κ1) is 37.7. The van der Waals surface area contributed by atoms with Crippen LogP contribution >= 0.6 is 0 Å². The molecule has 0 saturated carbocycles. The van der Waals surface area contributed by atoms with E-state index < -0.39 is 67.4 Å². The third-order valence-electron chi connectivity index (χ3n) is 7.09. The Labute approximate surface area is 282 Å². The van der Waals surface area contributed by atoms with Crippen molar-refractivity contribution in [3.8, 4) is 23.0 Å². The fraction of sp³-hybridized carbons (Fsp3) is 0.333. The maximum absolute atomic E-state index is 14.0. The zero-order valence-corrected chi connectivity index (χ0v) is 28.2. The Kier molecular flexibility index (Phi) is 10.8. The zero-order chi connectivity index (χ0) is 36.4. The molecule has 0 aliphatic heterocycles. The molecule has 13 heteroatoms. The van der Waals surface area contributed by atoms with E-state index in [4.69, 9.17) is 20.9 Å². The van der Waals surface area contributed by atoms with Gasteiger partial charge in [-0.25, -0.2) is 8.42 Å². The van der Waals surface area contributed by atoms with Crippen LogP contribution in [-0.4, -0.2) is 19.5 Å². The zero-order valence-electron chi connectivity index (χ0n) is 27.4. The van der Waals surface area contributed by atoms with Crippen molar-refractivity contribution in [3.63, 3.8) is 0 Å². The minimum Gasteiger partial charge on any atom is -0.457 e. The minimum atomic E-state index is -4.89. The van der Waals surface area contributed by atoms with Crippen molar-refractivity contribution < 1.29 is 44.2 Å². The first-order valence-electron chi connectivity index (χ1n) is 15.2. The lowest BCUT2D eigenvalue weighted by Crippen LogP contribution is -2.34. The molecule has 0 saturated heterocycles. The highest BCUT2D eigenvalue weighted by Gasteiger charge is 2.37. The molecule has 264 valence electrons. The van der Waals surface area contributed by atoms with Crippen molar-refractivity contribution in [1.29, 1.82) is 0 Å². The van der Waals surface area contributed by atoms with Crippen molar-refractivity contribution >= 4 is 9.84 Å². The van der Waals surface area contributed by atoms with Gasteiger partial charge >= 0.3 is 12.4 Å². The predicted octanol–water partition coefficient (Wildman–Crippen LogP) is 8.98. The third kappa shape index (κ3) is 11.5. The largest absolute Gasteiger partial charge is 0.457 e. The van der Waals surface area contributed by atoms with Gasteiger partial charge in [-0.3, -0.25) is 0 Å². The molecule has 0 bridgehead atoms. The number of nitrogens with two attached hydrogens (primary N) is 2. The van der Waals surface area contributed by atoms with Crippen molar-refractivity contribution in [3.05, 3.63) is 118 Å². The Balaban J connectivity index is 1.52. The number of hydrogen-bond donors (Lipinski definition) is 2. The molecule has 0 aliphatic rings. The van der Waals surface area contributed by atoms with Gasteiger partial charge in [-0.2, -0.15) is 26.3 Å². The number of alkyl halides is 6. The highest BCUT2D eigenvalue weighted by atomic mass is 32.2. The molecule has 4 rings (SSSR count). The number of benzene rings is 4. The highest BCUT2D eigenvalue weighted by molar-refractivity contribution is 7.89. The van der Waals surface area contributed by atoms with Crippen LogP contribution in [0.15, 0.2) is 84.9 Å². The SMILES string of the molecule is CC(C)(N)Cc1ccc(Oc2ccc(CS(=O)(=O)Cc3ccc(Oc4ccc(CC(C)(C)N)cc4)c(C(F)(F)F)c3)cc2C(F)(F)F)cc1. The van der Waals surface area contributed by atoms with Crippen LogP contribution in [0.2, 0.25) is 0 Å². The summed E-state index contributed by atoms with van der Waals surface area (Å²) in [5, 5.41) is 0. The second-order valence-electron chi connectivity index (χ2n) is 13.5. The first-order valence-corrected chi connectivity index (χ1v) is 17.0. The van der Waals surface area contributed by atoms with Gasteiger partial charge in [-0.05, 0) is 111 Å². The van der Waals surface area contributed by atoms with E-state index in [1.54, 1.807) is 24.3 Å². The van der Waals surface area contributed by atoms with E-state index in [0.717, 1.165) is 23.3 Å². The molecule has 4 aromatic rings. The smallest absolute Gasteiger partial charge is 0.419 e. The monoisotopic (exact) mass is 708 g/mol. The maximum atomic E-state index is 14.0. The van der Waals surface area contributed by atoms with Gasteiger partial charge in [-0.15, -0.1) is 0 Å². The van der Waals surface area contributed by atoms with Crippen LogP contribution in [0.1, 0.15) is 61.1 Å². The van der Waals surface area contributed by atoms with Gasteiger partial charge in [0.1, 0.15) is 23.0 Å². The van der Waals surface area contributed by atoms with Crippen molar-refractivity contribution in [2.45, 2.75) is 75.5 Å². The summed E-state index contributed by atoms with van der Waals surface area (Å²) < 4.78 is 121. The van der Waals surface area contributed by atoms with E-state index in [1.807, 2.05) is 27.7 Å². The standard InChI is InChI=1S/C36H38F6N2O4S/c1-33(2,43)19-23-5-11-27(12-6-23)47-31-15-9-25(17-29(31)35(37,38)39)21-49(45,46)22-26-10-16-32(30(18-26)36(40,41)42)48-28-13-7-24(8-14-28)20-34(3,4)44/h5-18H,19-22,43-44H2,1-4H3. The molecule has 0 radical (unpaired) electrons. The summed E-state index contributed by atoms with van der Waals surface area (Å²) >= 11 is 0. The lowest BCUT2D eigenvalue weighted by Gasteiger charge is -2.19. The van der Waals surface area contributed by atoms with Gasteiger partial charge in [0.05, 0.1) is 22.6 Å². The van der Waals surface area contributed by atoms with Crippen LogP contribution in [0.5, 0.6) is 23.0 Å². The fourth-order valence-electron chi connectivity index (χ4n) is 5.17. The first-order chi connectivity index (χ1) is 22.5. The number of rotatable bonds is 12. The van der Waals surface area contributed by atoms with Gasteiger partial charge in [0.2, 0.25) is 0 Å². The van der Waals surface area contributed by atoms with Crippen LogP contribution in [-0.2, 0) is 46.5 Å². The van der Waals surface area contributed by atoms with Gasteiger partial charge in [0, 0.05) is 11.1 Å². The van der Waals surface area contributed by atoms with Gasteiger partial charge < -0.3 is 20.9 Å². The van der Waals surface area contributed by atoms with Crippen LogP contribution in [0.4, 0.5) is 26.3 Å². The maximum Gasteiger partial charge on any atom is 0.419 e. The summed E-state index contributed by atoms with van der Waals surface area (Å²) in [6, 6.07) is 18.5. The van der Waals surface area contributed by atoms with Crippen LogP contribution in [0, 0.1) is 0 Å². The molecule has 6 nitrogen and oxygen atoms in total. The normalized spacial score (nSPS) is 13.0. The molecule has 0 atom stereocenters. The molecule has 0 heterocycles. The van der Waals surface area contributed by atoms with Crippen molar-refractivity contribution in [2.75, 3.05) is 0 Å². The Hall–Kier alpha value is -4.07. The summed E-state index contributed by atoms with van der Waals surface area (Å²) in [4.78, 5) is 0. The number of sulfone groups is 1. The summed E-state index contributed by atoms with van der Waals surface area (Å²) in [7, 11) is -4.23. The van der Waals surface area contributed by atoms with E-state index in [-0.39, 0.29) is 22.6 Å². The summed E-state index contributed by atoms with van der Waals surface area (Å²) in [6.07, 6.45) is -8.72. The lowest BCUT2D eigenvalue weighted by molar-refractivity contribution is -0.139. The third-order valence-corrected chi connectivity index (χ3v) is 8.64. The molecule has 4 N–H and O–H groups in total. The number of halogens is 6. The van der Waals surface area contributed by atoms with E-state index in [1.165, 1.54) is 36.4 Å². The molecule has 0 amide bonds. The quantitative estimate of drug-likeness (QED) is 0.142. The van der Waals surface area contributed by atoms with Crippen molar-refractivity contribution in [1.82, 2.24) is 0 Å². The molecule has 0 unspecified atom stereocenters. The second-order valence-corrected chi connectivity index (χ2v) is 15.6. The molecule has 0 aromatic heterocycles. The molecular weight excluding hydrogens is 670 g/mol. The summed E-state index contributed by atoms with van der Waals surface area (Å²) in [5.41, 5.74) is 9.95.